The van der Waals surface area contributed by atoms with Crippen LogP contribution in [0.25, 0.3) is 0 Å². The Labute approximate surface area is 154 Å². The highest BCUT2D eigenvalue weighted by Gasteiger charge is 2.12. The maximum absolute atomic E-state index is 12.3. The van der Waals surface area contributed by atoms with E-state index in [2.05, 4.69) is 10.3 Å². The first-order valence-corrected chi connectivity index (χ1v) is 8.65. The maximum atomic E-state index is 12.3. The summed E-state index contributed by atoms with van der Waals surface area (Å²) < 4.78 is 5.13. The minimum atomic E-state index is -1.04. The van der Waals surface area contributed by atoms with Gasteiger partial charge in [0.1, 0.15) is 11.4 Å². The van der Waals surface area contributed by atoms with Gasteiger partial charge in [0.05, 0.1) is 17.7 Å². The molecule has 7 heteroatoms. The first-order valence-electron chi connectivity index (χ1n) is 7.77. The molecule has 0 spiro atoms. The molecule has 1 amide bonds. The van der Waals surface area contributed by atoms with Gasteiger partial charge in [0, 0.05) is 17.5 Å². The van der Waals surface area contributed by atoms with Crippen LogP contribution < -0.4 is 10.1 Å². The molecule has 3 rings (SSSR count). The second kappa shape index (κ2) is 7.79. The van der Waals surface area contributed by atoms with E-state index in [0.29, 0.717) is 17.8 Å². The number of anilines is 1. The number of benzene rings is 2. The molecular formula is C19H16N2O4S. The second-order valence-corrected chi connectivity index (χ2v) is 6.43. The third kappa shape index (κ3) is 4.25. The number of carboxylic acid groups (broad SMARTS) is 1. The molecule has 132 valence electrons. The molecule has 0 unspecified atom stereocenters. The van der Waals surface area contributed by atoms with Crippen LogP contribution >= 0.6 is 11.3 Å². The van der Waals surface area contributed by atoms with Crippen molar-refractivity contribution in [1.29, 1.82) is 0 Å². The molecule has 3 aromatic rings. The fourth-order valence-corrected chi connectivity index (χ4v) is 3.15. The molecule has 1 aromatic heterocycles. The van der Waals surface area contributed by atoms with Gasteiger partial charge < -0.3 is 15.2 Å². The van der Waals surface area contributed by atoms with Gasteiger partial charge in [-0.1, -0.05) is 18.2 Å². The second-order valence-electron chi connectivity index (χ2n) is 5.49. The maximum Gasteiger partial charge on any atom is 0.335 e. The minimum absolute atomic E-state index is 0.112. The van der Waals surface area contributed by atoms with Crippen LogP contribution in [0.4, 0.5) is 5.69 Å². The number of methoxy groups -OCH3 is 1. The molecule has 0 atom stereocenters. The van der Waals surface area contributed by atoms with Gasteiger partial charge in [0.25, 0.3) is 5.91 Å². The van der Waals surface area contributed by atoms with E-state index in [1.54, 1.807) is 24.6 Å². The van der Waals surface area contributed by atoms with Gasteiger partial charge in [0.2, 0.25) is 0 Å². The van der Waals surface area contributed by atoms with Gasteiger partial charge in [0.15, 0.2) is 0 Å². The number of nitrogens with one attached hydrogen (secondary N) is 1. The standard InChI is InChI=1S/C19H16N2O4S/c1-25-15-7-5-12(6-8-15)9-17-21-16(11-26-17)18(22)20-14-4-2-3-13(10-14)19(23)24/h2-8,10-11H,9H2,1H3,(H,20,22)(H,23,24). The van der Waals surface area contributed by atoms with Crippen molar-refractivity contribution in [2.24, 2.45) is 0 Å². The fraction of sp³-hybridized carbons (Fsp3) is 0.105. The number of nitrogens with zero attached hydrogens (tertiary/aromatic N) is 1. The van der Waals surface area contributed by atoms with E-state index in [0.717, 1.165) is 16.3 Å². The SMILES string of the molecule is COc1ccc(Cc2nc(C(=O)Nc3cccc(C(=O)O)c3)cs2)cc1. The Morgan fingerprint density at radius 1 is 1.19 bits per heavy atom. The number of amides is 1. The van der Waals surface area contributed by atoms with Gasteiger partial charge in [-0.2, -0.15) is 0 Å². The van der Waals surface area contributed by atoms with E-state index in [9.17, 15) is 9.59 Å². The summed E-state index contributed by atoms with van der Waals surface area (Å²) in [6.45, 7) is 0. The molecule has 0 aliphatic rings. The third-order valence-corrected chi connectivity index (χ3v) is 4.51. The summed E-state index contributed by atoms with van der Waals surface area (Å²) in [5.74, 6) is -0.627. The Kier molecular flexibility index (Phi) is 5.28. The molecule has 6 nitrogen and oxygen atoms in total. The molecule has 0 saturated carbocycles. The summed E-state index contributed by atoms with van der Waals surface area (Å²) in [6.07, 6.45) is 0.621. The summed E-state index contributed by atoms with van der Waals surface area (Å²) in [7, 11) is 1.62. The minimum Gasteiger partial charge on any atom is -0.497 e. The molecule has 0 aliphatic heterocycles. The van der Waals surface area contributed by atoms with Crippen molar-refractivity contribution in [3.63, 3.8) is 0 Å². The summed E-state index contributed by atoms with van der Waals surface area (Å²) >= 11 is 1.40. The molecule has 2 aromatic carbocycles. The zero-order valence-corrected chi connectivity index (χ0v) is 14.7. The zero-order valence-electron chi connectivity index (χ0n) is 13.9. The summed E-state index contributed by atoms with van der Waals surface area (Å²) in [6, 6.07) is 13.8. The normalized spacial score (nSPS) is 10.3. The average Bonchev–Trinajstić information content (AvgIpc) is 3.11. The largest absolute Gasteiger partial charge is 0.497 e. The molecule has 0 saturated heterocycles. The van der Waals surface area contributed by atoms with Crippen LogP contribution in [0.2, 0.25) is 0 Å². The average molecular weight is 368 g/mol. The van der Waals surface area contributed by atoms with E-state index in [-0.39, 0.29) is 11.5 Å². The predicted octanol–water partition coefficient (Wildman–Crippen LogP) is 3.69. The highest BCUT2D eigenvalue weighted by atomic mass is 32.1. The molecular weight excluding hydrogens is 352 g/mol. The zero-order chi connectivity index (χ0) is 18.5. The lowest BCUT2D eigenvalue weighted by Crippen LogP contribution is -2.13. The van der Waals surface area contributed by atoms with Gasteiger partial charge in [-0.25, -0.2) is 9.78 Å². The predicted molar refractivity (Wildman–Crippen MR) is 99.3 cm³/mol. The molecule has 0 fully saturated rings. The van der Waals surface area contributed by atoms with E-state index in [1.807, 2.05) is 24.3 Å². The number of rotatable bonds is 6. The Morgan fingerprint density at radius 3 is 2.65 bits per heavy atom. The number of carboxylic acids is 1. The number of carbonyl (C=O) groups is 2. The molecule has 0 radical (unpaired) electrons. The molecule has 26 heavy (non-hydrogen) atoms. The van der Waals surface area contributed by atoms with Crippen LogP contribution in [-0.4, -0.2) is 29.1 Å². The van der Waals surface area contributed by atoms with Crippen LogP contribution in [0.15, 0.2) is 53.9 Å². The van der Waals surface area contributed by atoms with Crippen molar-refractivity contribution >= 4 is 28.9 Å². The van der Waals surface area contributed by atoms with Crippen molar-refractivity contribution in [1.82, 2.24) is 4.98 Å². The van der Waals surface area contributed by atoms with Crippen molar-refractivity contribution in [2.75, 3.05) is 12.4 Å². The quantitative estimate of drug-likeness (QED) is 0.693. The molecule has 1 heterocycles. The van der Waals surface area contributed by atoms with Gasteiger partial charge in [-0.15, -0.1) is 11.3 Å². The lowest BCUT2D eigenvalue weighted by Gasteiger charge is -2.04. The summed E-state index contributed by atoms with van der Waals surface area (Å²) in [5, 5.41) is 14.2. The summed E-state index contributed by atoms with van der Waals surface area (Å²) in [4.78, 5) is 27.7. The van der Waals surface area contributed by atoms with Crippen molar-refractivity contribution in [3.05, 3.63) is 75.7 Å². The fourth-order valence-electron chi connectivity index (χ4n) is 2.34. The number of hydrogen-bond acceptors (Lipinski definition) is 5. The topological polar surface area (TPSA) is 88.5 Å². The number of aromatic nitrogens is 1. The van der Waals surface area contributed by atoms with E-state index in [4.69, 9.17) is 9.84 Å². The highest BCUT2D eigenvalue weighted by Crippen LogP contribution is 2.19. The molecule has 0 bridgehead atoms. The van der Waals surface area contributed by atoms with Crippen LogP contribution in [0.1, 0.15) is 31.4 Å². The van der Waals surface area contributed by atoms with Gasteiger partial charge >= 0.3 is 5.97 Å². The van der Waals surface area contributed by atoms with Crippen molar-refractivity contribution < 1.29 is 19.4 Å². The number of ether oxygens (including phenoxy) is 1. The number of hydrogen-bond donors (Lipinski definition) is 2. The first-order chi connectivity index (χ1) is 12.5. The van der Waals surface area contributed by atoms with Crippen LogP contribution in [0.3, 0.4) is 0 Å². The first kappa shape index (κ1) is 17.6. The Bertz CT molecular complexity index is 935. The monoisotopic (exact) mass is 368 g/mol. The van der Waals surface area contributed by atoms with Crippen LogP contribution in [0.5, 0.6) is 5.75 Å². The van der Waals surface area contributed by atoms with Crippen molar-refractivity contribution in [3.8, 4) is 5.75 Å². The van der Waals surface area contributed by atoms with Gasteiger partial charge in [-0.05, 0) is 35.9 Å². The number of aromatic carboxylic acids is 1. The lowest BCUT2D eigenvalue weighted by molar-refractivity contribution is 0.0696. The Morgan fingerprint density at radius 2 is 1.96 bits per heavy atom. The van der Waals surface area contributed by atoms with Crippen LogP contribution in [-0.2, 0) is 6.42 Å². The smallest absolute Gasteiger partial charge is 0.335 e. The lowest BCUT2D eigenvalue weighted by atomic mass is 10.1. The Hall–Kier alpha value is -3.19. The van der Waals surface area contributed by atoms with Gasteiger partial charge in [-0.3, -0.25) is 4.79 Å². The van der Waals surface area contributed by atoms with E-state index >= 15 is 0 Å². The van der Waals surface area contributed by atoms with E-state index in [1.165, 1.54) is 23.5 Å². The number of carbonyl (C=O) groups excluding carboxylic acids is 1. The molecule has 2 N–H and O–H groups in total. The highest BCUT2D eigenvalue weighted by molar-refractivity contribution is 7.09. The van der Waals surface area contributed by atoms with E-state index < -0.39 is 5.97 Å². The Balaban J connectivity index is 1.67. The summed E-state index contributed by atoms with van der Waals surface area (Å²) in [5.41, 5.74) is 1.90. The molecule has 0 aliphatic carbocycles. The van der Waals surface area contributed by atoms with Crippen molar-refractivity contribution in [2.45, 2.75) is 6.42 Å². The third-order valence-electron chi connectivity index (χ3n) is 3.67. The number of thiazole rings is 1. The van der Waals surface area contributed by atoms with Crippen LogP contribution in [0, 0.1) is 0 Å².